The van der Waals surface area contributed by atoms with Crippen LogP contribution in [0.4, 0.5) is 4.79 Å². The number of hydrogen-bond donors (Lipinski definition) is 0. The van der Waals surface area contributed by atoms with Crippen molar-refractivity contribution in [3.8, 4) is 0 Å². The Kier molecular flexibility index (Phi) is 3.97. The summed E-state index contributed by atoms with van der Waals surface area (Å²) in [6.45, 7) is 8.27. The van der Waals surface area contributed by atoms with E-state index in [0.717, 1.165) is 0 Å². The first kappa shape index (κ1) is 13.0. The Balaban J connectivity index is 2.56. The van der Waals surface area contributed by atoms with Gasteiger partial charge in [-0.3, -0.25) is 0 Å². The molecule has 3 nitrogen and oxygen atoms in total. The second-order valence-corrected chi connectivity index (χ2v) is 5.86. The van der Waals surface area contributed by atoms with Gasteiger partial charge in [0.2, 0.25) is 0 Å². The van der Waals surface area contributed by atoms with Gasteiger partial charge in [0.15, 0.2) is 0 Å². The predicted octanol–water partition coefficient (Wildman–Crippen LogP) is 3.42. The Hall–Kier alpha value is -1.03. The SMILES string of the molecule is Cc1ccsc1CN(C)C(=O)OC(C)(C)C. The normalized spacial score (nSPS) is 11.3. The third kappa shape index (κ3) is 3.85. The third-order valence-electron chi connectivity index (χ3n) is 2.05. The lowest BCUT2D eigenvalue weighted by Gasteiger charge is -2.24. The van der Waals surface area contributed by atoms with Gasteiger partial charge in [-0.25, -0.2) is 4.79 Å². The van der Waals surface area contributed by atoms with Crippen molar-refractivity contribution in [1.82, 2.24) is 4.90 Å². The molecule has 0 spiro atoms. The van der Waals surface area contributed by atoms with Crippen LogP contribution in [0.2, 0.25) is 0 Å². The van der Waals surface area contributed by atoms with Crippen molar-refractivity contribution in [3.63, 3.8) is 0 Å². The fourth-order valence-electron chi connectivity index (χ4n) is 1.19. The van der Waals surface area contributed by atoms with Crippen molar-refractivity contribution >= 4 is 17.4 Å². The molecule has 1 amide bonds. The average Bonchev–Trinajstić information content (AvgIpc) is 2.49. The molecule has 0 aromatic carbocycles. The Bertz CT molecular complexity index is 365. The van der Waals surface area contributed by atoms with E-state index in [2.05, 4.69) is 13.0 Å². The van der Waals surface area contributed by atoms with Crippen LogP contribution in [-0.4, -0.2) is 23.6 Å². The van der Waals surface area contributed by atoms with Crippen LogP contribution in [-0.2, 0) is 11.3 Å². The van der Waals surface area contributed by atoms with Crippen LogP contribution in [0, 0.1) is 6.92 Å². The molecular weight excluding hydrogens is 222 g/mol. The van der Waals surface area contributed by atoms with E-state index in [1.807, 2.05) is 26.2 Å². The Morgan fingerprint density at radius 3 is 2.56 bits per heavy atom. The number of carbonyl (C=O) groups is 1. The van der Waals surface area contributed by atoms with Crippen molar-refractivity contribution in [2.45, 2.75) is 39.8 Å². The molecule has 0 aliphatic rings. The lowest BCUT2D eigenvalue weighted by molar-refractivity contribution is 0.0286. The zero-order valence-corrected chi connectivity index (χ0v) is 11.4. The van der Waals surface area contributed by atoms with Crippen LogP contribution < -0.4 is 0 Å². The standard InChI is InChI=1S/C12H19NO2S/c1-9-6-7-16-10(9)8-13(5)11(14)15-12(2,3)4/h6-7H,8H2,1-5H3. The highest BCUT2D eigenvalue weighted by molar-refractivity contribution is 7.10. The summed E-state index contributed by atoms with van der Waals surface area (Å²) in [6.07, 6.45) is -0.277. The molecule has 1 aromatic heterocycles. The maximum atomic E-state index is 11.7. The zero-order chi connectivity index (χ0) is 12.3. The largest absolute Gasteiger partial charge is 0.444 e. The van der Waals surface area contributed by atoms with Crippen molar-refractivity contribution < 1.29 is 9.53 Å². The van der Waals surface area contributed by atoms with Crippen molar-refractivity contribution in [1.29, 1.82) is 0 Å². The lowest BCUT2D eigenvalue weighted by atomic mass is 10.2. The van der Waals surface area contributed by atoms with Crippen molar-refractivity contribution in [3.05, 3.63) is 21.9 Å². The van der Waals surface area contributed by atoms with Crippen LogP contribution in [0.15, 0.2) is 11.4 Å². The molecule has 0 unspecified atom stereocenters. The minimum absolute atomic E-state index is 0.277. The van der Waals surface area contributed by atoms with Gasteiger partial charge in [-0.2, -0.15) is 0 Å². The van der Waals surface area contributed by atoms with Crippen LogP contribution in [0.5, 0.6) is 0 Å². The molecular formula is C12H19NO2S. The van der Waals surface area contributed by atoms with Crippen LogP contribution in [0.25, 0.3) is 0 Å². The zero-order valence-electron chi connectivity index (χ0n) is 10.5. The van der Waals surface area contributed by atoms with E-state index in [9.17, 15) is 4.79 Å². The molecule has 0 atom stereocenters. The molecule has 0 fully saturated rings. The van der Waals surface area contributed by atoms with E-state index >= 15 is 0 Å². The fraction of sp³-hybridized carbons (Fsp3) is 0.583. The van der Waals surface area contributed by atoms with Gasteiger partial charge in [-0.15, -0.1) is 11.3 Å². The van der Waals surface area contributed by atoms with Crippen LogP contribution in [0.3, 0.4) is 0 Å². The van der Waals surface area contributed by atoms with Crippen LogP contribution >= 0.6 is 11.3 Å². The topological polar surface area (TPSA) is 29.5 Å². The van der Waals surface area contributed by atoms with E-state index in [-0.39, 0.29) is 6.09 Å². The van der Waals surface area contributed by atoms with E-state index in [0.29, 0.717) is 6.54 Å². The van der Waals surface area contributed by atoms with Crippen LogP contribution in [0.1, 0.15) is 31.2 Å². The summed E-state index contributed by atoms with van der Waals surface area (Å²) in [6, 6.07) is 2.06. The van der Waals surface area contributed by atoms with Gasteiger partial charge in [0.25, 0.3) is 0 Å². The molecule has 0 aliphatic heterocycles. The Morgan fingerprint density at radius 2 is 2.12 bits per heavy atom. The van der Waals surface area contributed by atoms with Gasteiger partial charge in [0.05, 0.1) is 6.54 Å². The molecule has 90 valence electrons. The monoisotopic (exact) mass is 241 g/mol. The summed E-state index contributed by atoms with van der Waals surface area (Å²) in [4.78, 5) is 14.5. The van der Waals surface area contributed by atoms with E-state index in [1.165, 1.54) is 10.4 Å². The van der Waals surface area contributed by atoms with Crippen molar-refractivity contribution in [2.75, 3.05) is 7.05 Å². The highest BCUT2D eigenvalue weighted by atomic mass is 32.1. The molecule has 0 saturated carbocycles. The smallest absolute Gasteiger partial charge is 0.410 e. The quantitative estimate of drug-likeness (QED) is 0.794. The first-order valence-electron chi connectivity index (χ1n) is 5.26. The number of rotatable bonds is 2. The summed E-state index contributed by atoms with van der Waals surface area (Å²) < 4.78 is 5.28. The van der Waals surface area contributed by atoms with E-state index in [4.69, 9.17) is 4.74 Å². The number of carbonyl (C=O) groups excluding carboxylic acids is 1. The first-order chi connectivity index (χ1) is 7.29. The summed E-state index contributed by atoms with van der Waals surface area (Å²) in [7, 11) is 1.76. The van der Waals surface area contributed by atoms with E-state index in [1.54, 1.807) is 23.3 Å². The lowest BCUT2D eigenvalue weighted by Crippen LogP contribution is -2.33. The predicted molar refractivity (Wildman–Crippen MR) is 66.8 cm³/mol. The summed E-state index contributed by atoms with van der Waals surface area (Å²) in [5.41, 5.74) is 0.788. The molecule has 0 saturated heterocycles. The molecule has 16 heavy (non-hydrogen) atoms. The van der Waals surface area contributed by atoms with Gasteiger partial charge >= 0.3 is 6.09 Å². The van der Waals surface area contributed by atoms with E-state index < -0.39 is 5.60 Å². The summed E-state index contributed by atoms with van der Waals surface area (Å²) in [5, 5.41) is 2.04. The van der Waals surface area contributed by atoms with Gasteiger partial charge in [-0.1, -0.05) is 0 Å². The maximum absolute atomic E-state index is 11.7. The summed E-state index contributed by atoms with van der Waals surface area (Å²) >= 11 is 1.66. The molecule has 1 heterocycles. The van der Waals surface area contributed by atoms with Gasteiger partial charge in [0, 0.05) is 11.9 Å². The number of hydrogen-bond acceptors (Lipinski definition) is 3. The average molecular weight is 241 g/mol. The molecule has 1 aromatic rings. The number of amides is 1. The minimum Gasteiger partial charge on any atom is -0.444 e. The van der Waals surface area contributed by atoms with Crippen molar-refractivity contribution in [2.24, 2.45) is 0 Å². The molecule has 0 radical (unpaired) electrons. The molecule has 0 aliphatic carbocycles. The maximum Gasteiger partial charge on any atom is 0.410 e. The molecule has 4 heteroatoms. The molecule has 0 bridgehead atoms. The number of nitrogens with zero attached hydrogens (tertiary/aromatic N) is 1. The first-order valence-corrected chi connectivity index (χ1v) is 6.14. The van der Waals surface area contributed by atoms with Gasteiger partial charge in [-0.05, 0) is 44.7 Å². The third-order valence-corrected chi connectivity index (χ3v) is 3.06. The highest BCUT2D eigenvalue weighted by Gasteiger charge is 2.20. The minimum atomic E-state index is -0.435. The number of aryl methyl sites for hydroxylation is 1. The summed E-state index contributed by atoms with van der Waals surface area (Å²) in [5.74, 6) is 0. The highest BCUT2D eigenvalue weighted by Crippen LogP contribution is 2.18. The fourth-order valence-corrected chi connectivity index (χ4v) is 2.14. The second-order valence-electron chi connectivity index (χ2n) is 4.86. The molecule has 0 N–H and O–H groups in total. The van der Waals surface area contributed by atoms with Gasteiger partial charge < -0.3 is 9.64 Å². The Labute approximate surface area is 101 Å². The number of thiophene rings is 1. The number of ether oxygens (including phenoxy) is 1. The Morgan fingerprint density at radius 1 is 1.50 bits per heavy atom. The molecule has 1 rings (SSSR count). The van der Waals surface area contributed by atoms with Gasteiger partial charge in [0.1, 0.15) is 5.60 Å². The second kappa shape index (κ2) is 4.87.